The van der Waals surface area contributed by atoms with E-state index in [2.05, 4.69) is 0 Å². The van der Waals surface area contributed by atoms with Gasteiger partial charge in [-0.15, -0.1) is 0 Å². The number of sulfonamides is 1. The van der Waals surface area contributed by atoms with E-state index in [1.807, 2.05) is 60.7 Å². The molecule has 0 radical (unpaired) electrons. The average molecular weight is 437 g/mol. The molecular formula is C21H28N2O4S2. The fraction of sp³-hybridized carbons (Fsp3) is 0.429. The SMILES string of the molecule is CCC[C@@H]1CN(S(C)(=O)=O)CC1S(=O)(=O)c1ccc(CN2C=CC=CC=C2)cc1. The molecule has 8 heteroatoms. The summed E-state index contributed by atoms with van der Waals surface area (Å²) in [7, 11) is -7.03. The van der Waals surface area contributed by atoms with Gasteiger partial charge in [-0.25, -0.2) is 21.1 Å². The van der Waals surface area contributed by atoms with Gasteiger partial charge in [-0.1, -0.05) is 37.6 Å². The van der Waals surface area contributed by atoms with Gasteiger partial charge in [-0.3, -0.25) is 0 Å². The number of allylic oxidation sites excluding steroid dienone is 4. The number of nitrogens with zero attached hydrogens (tertiary/aromatic N) is 2. The summed E-state index contributed by atoms with van der Waals surface area (Å²) in [6.07, 6.45) is 14.3. The lowest BCUT2D eigenvalue weighted by Gasteiger charge is -2.19. The Kier molecular flexibility index (Phi) is 6.65. The van der Waals surface area contributed by atoms with Crippen LogP contribution in [0.3, 0.4) is 0 Å². The van der Waals surface area contributed by atoms with Gasteiger partial charge in [0.05, 0.1) is 16.4 Å². The lowest BCUT2D eigenvalue weighted by Crippen LogP contribution is -2.32. The van der Waals surface area contributed by atoms with Crippen LogP contribution < -0.4 is 0 Å². The molecule has 0 aliphatic carbocycles. The van der Waals surface area contributed by atoms with E-state index < -0.39 is 25.1 Å². The minimum Gasteiger partial charge on any atom is -0.350 e. The Morgan fingerprint density at radius 2 is 1.55 bits per heavy atom. The number of hydrogen-bond acceptors (Lipinski definition) is 5. The van der Waals surface area contributed by atoms with E-state index in [9.17, 15) is 16.8 Å². The van der Waals surface area contributed by atoms with E-state index in [1.165, 1.54) is 4.31 Å². The normalized spacial score (nSPS) is 22.9. The second-order valence-corrected chi connectivity index (χ2v) is 11.7. The van der Waals surface area contributed by atoms with Crippen LogP contribution >= 0.6 is 0 Å². The summed E-state index contributed by atoms with van der Waals surface area (Å²) in [5.74, 6) is -0.181. The van der Waals surface area contributed by atoms with Gasteiger partial charge in [0.1, 0.15) is 0 Å². The van der Waals surface area contributed by atoms with Crippen LogP contribution in [0, 0.1) is 5.92 Å². The standard InChI is InChI=1S/C21H28N2O4S2/c1-3-8-19-16-23(28(2,24)25)17-21(19)29(26,27)20-11-9-18(10-12-20)15-22-13-6-4-5-7-14-22/h4-7,9-14,19,21H,3,8,15-17H2,1-2H3/t19-,21?/m1/s1. The second kappa shape index (κ2) is 8.85. The fourth-order valence-electron chi connectivity index (χ4n) is 3.85. The quantitative estimate of drug-likeness (QED) is 0.657. The van der Waals surface area contributed by atoms with Crippen LogP contribution in [0.4, 0.5) is 0 Å². The summed E-state index contributed by atoms with van der Waals surface area (Å²) in [5.41, 5.74) is 0.995. The van der Waals surface area contributed by atoms with Crippen molar-refractivity contribution in [1.82, 2.24) is 9.21 Å². The van der Waals surface area contributed by atoms with E-state index in [0.717, 1.165) is 18.2 Å². The number of benzene rings is 1. The van der Waals surface area contributed by atoms with Gasteiger partial charge in [0.15, 0.2) is 9.84 Å². The molecule has 0 spiro atoms. The molecule has 29 heavy (non-hydrogen) atoms. The van der Waals surface area contributed by atoms with E-state index in [-0.39, 0.29) is 23.9 Å². The Labute approximate surface area is 174 Å². The molecule has 1 unspecified atom stereocenters. The summed E-state index contributed by atoms with van der Waals surface area (Å²) in [6.45, 7) is 2.93. The third kappa shape index (κ3) is 5.18. The third-order valence-electron chi connectivity index (χ3n) is 5.38. The average Bonchev–Trinajstić information content (AvgIpc) is 2.94. The molecule has 0 aromatic heterocycles. The monoisotopic (exact) mass is 436 g/mol. The molecule has 0 saturated carbocycles. The van der Waals surface area contributed by atoms with E-state index in [1.54, 1.807) is 12.1 Å². The molecule has 0 bridgehead atoms. The fourth-order valence-corrected chi connectivity index (χ4v) is 6.81. The topological polar surface area (TPSA) is 74.8 Å². The van der Waals surface area contributed by atoms with Crippen molar-refractivity contribution < 1.29 is 16.8 Å². The molecule has 6 nitrogen and oxygen atoms in total. The molecular weight excluding hydrogens is 408 g/mol. The molecule has 0 N–H and O–H groups in total. The molecule has 2 heterocycles. The van der Waals surface area contributed by atoms with E-state index in [4.69, 9.17) is 0 Å². The van der Waals surface area contributed by atoms with Crippen molar-refractivity contribution in [1.29, 1.82) is 0 Å². The third-order valence-corrected chi connectivity index (χ3v) is 8.88. The zero-order chi connectivity index (χ0) is 21.1. The summed E-state index contributed by atoms with van der Waals surface area (Å²) in [5, 5.41) is -0.703. The van der Waals surface area contributed by atoms with Crippen LogP contribution in [-0.2, 0) is 26.4 Å². The largest absolute Gasteiger partial charge is 0.350 e. The van der Waals surface area contributed by atoms with Crippen molar-refractivity contribution in [3.8, 4) is 0 Å². The lowest BCUT2D eigenvalue weighted by atomic mass is 10.0. The minimum absolute atomic E-state index is 0.0317. The van der Waals surface area contributed by atoms with Crippen molar-refractivity contribution in [2.24, 2.45) is 5.92 Å². The van der Waals surface area contributed by atoms with Crippen LogP contribution in [0.5, 0.6) is 0 Å². The molecule has 1 fully saturated rings. The van der Waals surface area contributed by atoms with Gasteiger partial charge in [0, 0.05) is 32.0 Å². The zero-order valence-electron chi connectivity index (χ0n) is 16.8. The maximum atomic E-state index is 13.3. The first-order chi connectivity index (χ1) is 13.7. The van der Waals surface area contributed by atoms with Crippen LogP contribution in [0.1, 0.15) is 25.3 Å². The van der Waals surface area contributed by atoms with Crippen molar-refractivity contribution in [3.05, 3.63) is 66.5 Å². The van der Waals surface area contributed by atoms with Crippen LogP contribution in [0.2, 0.25) is 0 Å². The summed E-state index contributed by atoms with van der Waals surface area (Å²) in [6, 6.07) is 6.93. The lowest BCUT2D eigenvalue weighted by molar-refractivity contribution is 0.447. The summed E-state index contributed by atoms with van der Waals surface area (Å²) in [4.78, 5) is 2.27. The van der Waals surface area contributed by atoms with Crippen molar-refractivity contribution in [2.45, 2.75) is 36.5 Å². The molecule has 0 amide bonds. The molecule has 158 valence electrons. The molecule has 1 saturated heterocycles. The molecule has 2 aliphatic rings. The Balaban J connectivity index is 1.79. The first-order valence-corrected chi connectivity index (χ1v) is 13.2. The first kappa shape index (κ1) is 21.8. The highest BCUT2D eigenvalue weighted by Crippen LogP contribution is 2.32. The van der Waals surface area contributed by atoms with E-state index >= 15 is 0 Å². The van der Waals surface area contributed by atoms with Crippen LogP contribution in [0.25, 0.3) is 0 Å². The number of sulfone groups is 1. The smallest absolute Gasteiger partial charge is 0.211 e. The first-order valence-electron chi connectivity index (χ1n) is 9.77. The predicted molar refractivity (Wildman–Crippen MR) is 115 cm³/mol. The summed E-state index contributed by atoms with van der Waals surface area (Å²) < 4.78 is 51.8. The van der Waals surface area contributed by atoms with Gasteiger partial charge in [-0.05, 0) is 42.2 Å². The van der Waals surface area contributed by atoms with Gasteiger partial charge in [-0.2, -0.15) is 0 Å². The number of hydrogen-bond donors (Lipinski definition) is 0. The highest BCUT2D eigenvalue weighted by atomic mass is 32.2. The number of rotatable bonds is 7. The highest BCUT2D eigenvalue weighted by molar-refractivity contribution is 7.92. The molecule has 2 atom stereocenters. The molecule has 2 aliphatic heterocycles. The maximum Gasteiger partial charge on any atom is 0.211 e. The molecule has 1 aromatic carbocycles. The minimum atomic E-state index is -3.62. The Morgan fingerprint density at radius 1 is 0.931 bits per heavy atom. The van der Waals surface area contributed by atoms with Gasteiger partial charge >= 0.3 is 0 Å². The van der Waals surface area contributed by atoms with Crippen molar-refractivity contribution >= 4 is 19.9 Å². The van der Waals surface area contributed by atoms with Crippen LogP contribution in [-0.4, -0.2) is 50.6 Å². The van der Waals surface area contributed by atoms with E-state index in [0.29, 0.717) is 13.0 Å². The zero-order valence-corrected chi connectivity index (χ0v) is 18.4. The molecule has 3 rings (SSSR count). The highest BCUT2D eigenvalue weighted by Gasteiger charge is 2.44. The maximum absolute atomic E-state index is 13.3. The summed E-state index contributed by atoms with van der Waals surface area (Å²) >= 11 is 0. The van der Waals surface area contributed by atoms with Gasteiger partial charge < -0.3 is 4.90 Å². The van der Waals surface area contributed by atoms with Gasteiger partial charge in [0.25, 0.3) is 0 Å². The van der Waals surface area contributed by atoms with Crippen molar-refractivity contribution in [2.75, 3.05) is 19.3 Å². The van der Waals surface area contributed by atoms with Crippen molar-refractivity contribution in [3.63, 3.8) is 0 Å². The molecule has 1 aromatic rings. The van der Waals surface area contributed by atoms with Crippen LogP contribution in [0.15, 0.2) is 65.9 Å². The Bertz CT molecular complexity index is 993. The Morgan fingerprint density at radius 3 is 2.10 bits per heavy atom. The second-order valence-electron chi connectivity index (χ2n) is 7.60. The Hall–Kier alpha value is -1.90. The predicted octanol–water partition coefficient (Wildman–Crippen LogP) is 2.92. The van der Waals surface area contributed by atoms with Gasteiger partial charge in [0.2, 0.25) is 10.0 Å².